The van der Waals surface area contributed by atoms with Gasteiger partial charge in [-0.2, -0.15) is 5.10 Å². The van der Waals surface area contributed by atoms with Crippen molar-refractivity contribution >= 4 is 29.3 Å². The third kappa shape index (κ3) is 4.73. The summed E-state index contributed by atoms with van der Waals surface area (Å²) in [5, 5.41) is 7.18. The van der Waals surface area contributed by atoms with Gasteiger partial charge in [0.1, 0.15) is 0 Å². The fraction of sp³-hybridized carbons (Fsp3) is 0.105. The molecule has 2 aromatic carbocycles. The highest BCUT2D eigenvalue weighted by atomic mass is 32.2. The molecular weight excluding hydrogens is 348 g/mol. The van der Waals surface area contributed by atoms with Crippen molar-refractivity contribution < 1.29 is 9.59 Å². The summed E-state index contributed by atoms with van der Waals surface area (Å²) in [4.78, 5) is 24.1. The molecule has 0 radical (unpaired) electrons. The first-order chi connectivity index (χ1) is 12.6. The van der Waals surface area contributed by atoms with Crippen molar-refractivity contribution in [2.45, 2.75) is 11.3 Å². The number of para-hydroxylation sites is 2. The van der Waals surface area contributed by atoms with Crippen molar-refractivity contribution in [3.63, 3.8) is 0 Å². The zero-order valence-electron chi connectivity index (χ0n) is 14.0. The maximum atomic E-state index is 12.4. The van der Waals surface area contributed by atoms with Gasteiger partial charge in [0, 0.05) is 11.1 Å². The lowest BCUT2D eigenvalue weighted by Gasteiger charge is -2.09. The standard InChI is InChI=1S/C19H18N4O2S/c20-18(24)13-26-17-9-5-4-8-16(17)22-19(25)10-14-11-21-23(12-14)15-6-2-1-3-7-15/h1-9,11-12H,10,13H2,(H2,20,24)(H,22,25). The van der Waals surface area contributed by atoms with Gasteiger partial charge in [0.15, 0.2) is 0 Å². The van der Waals surface area contributed by atoms with Crippen LogP contribution in [0.15, 0.2) is 71.9 Å². The quantitative estimate of drug-likeness (QED) is 0.629. The van der Waals surface area contributed by atoms with E-state index in [1.807, 2.05) is 54.7 Å². The van der Waals surface area contributed by atoms with Crippen LogP contribution in [-0.2, 0) is 16.0 Å². The number of thioether (sulfide) groups is 1. The van der Waals surface area contributed by atoms with Crippen molar-refractivity contribution in [2.75, 3.05) is 11.1 Å². The molecule has 2 amide bonds. The van der Waals surface area contributed by atoms with E-state index in [0.717, 1.165) is 16.1 Å². The number of nitrogens with two attached hydrogens (primary N) is 1. The molecule has 132 valence electrons. The monoisotopic (exact) mass is 366 g/mol. The van der Waals surface area contributed by atoms with Crippen molar-refractivity contribution in [2.24, 2.45) is 5.73 Å². The highest BCUT2D eigenvalue weighted by Crippen LogP contribution is 2.26. The van der Waals surface area contributed by atoms with Crippen LogP contribution in [0.3, 0.4) is 0 Å². The lowest BCUT2D eigenvalue weighted by Crippen LogP contribution is -2.16. The Morgan fingerprint density at radius 2 is 1.81 bits per heavy atom. The molecule has 0 fully saturated rings. The van der Waals surface area contributed by atoms with Crippen LogP contribution < -0.4 is 11.1 Å². The van der Waals surface area contributed by atoms with E-state index in [9.17, 15) is 9.59 Å². The summed E-state index contributed by atoms with van der Waals surface area (Å²) in [7, 11) is 0. The summed E-state index contributed by atoms with van der Waals surface area (Å²) in [6.45, 7) is 0. The molecule has 26 heavy (non-hydrogen) atoms. The number of carbonyl (C=O) groups is 2. The first-order valence-corrected chi connectivity index (χ1v) is 8.99. The Morgan fingerprint density at radius 1 is 1.08 bits per heavy atom. The molecule has 3 N–H and O–H groups in total. The zero-order valence-corrected chi connectivity index (χ0v) is 14.8. The molecule has 0 atom stereocenters. The van der Waals surface area contributed by atoms with Crippen LogP contribution in [0.1, 0.15) is 5.56 Å². The Balaban J connectivity index is 1.65. The summed E-state index contributed by atoms with van der Waals surface area (Å²) >= 11 is 1.30. The molecule has 0 saturated heterocycles. The van der Waals surface area contributed by atoms with E-state index in [4.69, 9.17) is 5.73 Å². The van der Waals surface area contributed by atoms with Gasteiger partial charge in [-0.15, -0.1) is 11.8 Å². The fourth-order valence-electron chi connectivity index (χ4n) is 2.40. The minimum atomic E-state index is -0.399. The molecule has 0 spiro atoms. The number of primary amides is 1. The number of hydrogen-bond acceptors (Lipinski definition) is 4. The zero-order chi connectivity index (χ0) is 18.4. The van der Waals surface area contributed by atoms with Gasteiger partial charge in [-0.1, -0.05) is 30.3 Å². The molecular formula is C19H18N4O2S. The largest absolute Gasteiger partial charge is 0.369 e. The van der Waals surface area contributed by atoms with Crippen molar-refractivity contribution in [1.82, 2.24) is 9.78 Å². The van der Waals surface area contributed by atoms with Gasteiger partial charge in [-0.05, 0) is 29.8 Å². The van der Waals surface area contributed by atoms with E-state index >= 15 is 0 Å². The maximum Gasteiger partial charge on any atom is 0.228 e. The van der Waals surface area contributed by atoms with Gasteiger partial charge < -0.3 is 11.1 Å². The molecule has 1 aromatic heterocycles. The fourth-order valence-corrected chi connectivity index (χ4v) is 3.14. The average molecular weight is 366 g/mol. The number of hydrogen-bond donors (Lipinski definition) is 2. The molecule has 1 heterocycles. The molecule has 3 aromatic rings. The molecule has 6 nitrogen and oxygen atoms in total. The first-order valence-electron chi connectivity index (χ1n) is 8.01. The van der Waals surface area contributed by atoms with Gasteiger partial charge >= 0.3 is 0 Å². The molecule has 3 rings (SSSR count). The lowest BCUT2D eigenvalue weighted by atomic mass is 10.2. The van der Waals surface area contributed by atoms with E-state index in [1.165, 1.54) is 11.8 Å². The number of benzene rings is 2. The molecule has 0 bridgehead atoms. The van der Waals surface area contributed by atoms with E-state index in [0.29, 0.717) is 5.69 Å². The Kier molecular flexibility index (Phi) is 5.70. The summed E-state index contributed by atoms with van der Waals surface area (Å²) < 4.78 is 1.74. The lowest BCUT2D eigenvalue weighted by molar-refractivity contribution is -0.116. The van der Waals surface area contributed by atoms with E-state index in [-0.39, 0.29) is 18.1 Å². The Labute approximate surface area is 155 Å². The SMILES string of the molecule is NC(=O)CSc1ccccc1NC(=O)Cc1cnn(-c2ccccc2)c1. The second-order valence-corrected chi connectivity index (χ2v) is 6.62. The summed E-state index contributed by atoms with van der Waals surface area (Å²) in [6.07, 6.45) is 3.73. The molecule has 0 saturated carbocycles. The van der Waals surface area contributed by atoms with Crippen LogP contribution in [0.4, 0.5) is 5.69 Å². The number of nitrogens with one attached hydrogen (secondary N) is 1. The van der Waals surface area contributed by atoms with Crippen LogP contribution in [0.5, 0.6) is 0 Å². The van der Waals surface area contributed by atoms with E-state index < -0.39 is 5.91 Å². The van der Waals surface area contributed by atoms with Crippen LogP contribution >= 0.6 is 11.8 Å². The molecule has 0 unspecified atom stereocenters. The van der Waals surface area contributed by atoms with Crippen molar-refractivity contribution in [1.29, 1.82) is 0 Å². The van der Waals surface area contributed by atoms with Gasteiger partial charge in [-0.25, -0.2) is 4.68 Å². The van der Waals surface area contributed by atoms with Gasteiger partial charge in [0.05, 0.1) is 29.7 Å². The highest BCUT2D eigenvalue weighted by molar-refractivity contribution is 8.00. The Hall–Kier alpha value is -3.06. The van der Waals surface area contributed by atoms with Gasteiger partial charge in [-0.3, -0.25) is 9.59 Å². The topological polar surface area (TPSA) is 90.0 Å². The minimum absolute atomic E-state index is 0.148. The van der Waals surface area contributed by atoms with Crippen LogP contribution in [0, 0.1) is 0 Å². The number of anilines is 1. The first kappa shape index (κ1) is 17.8. The highest BCUT2D eigenvalue weighted by Gasteiger charge is 2.10. The normalized spacial score (nSPS) is 10.5. The molecule has 0 aliphatic carbocycles. The van der Waals surface area contributed by atoms with E-state index in [2.05, 4.69) is 10.4 Å². The van der Waals surface area contributed by atoms with Gasteiger partial charge in [0.25, 0.3) is 0 Å². The predicted molar refractivity (Wildman–Crippen MR) is 102 cm³/mol. The number of nitrogens with zero attached hydrogens (tertiary/aromatic N) is 2. The second-order valence-electron chi connectivity index (χ2n) is 5.60. The predicted octanol–water partition coefficient (Wildman–Crippen LogP) is 2.63. The Bertz CT molecular complexity index is 909. The third-order valence-corrected chi connectivity index (χ3v) is 4.65. The summed E-state index contributed by atoms with van der Waals surface area (Å²) in [6, 6.07) is 17.0. The average Bonchev–Trinajstić information content (AvgIpc) is 3.10. The molecule has 0 aliphatic rings. The Morgan fingerprint density at radius 3 is 2.58 bits per heavy atom. The molecule has 7 heteroatoms. The van der Waals surface area contributed by atoms with Crippen molar-refractivity contribution in [3.05, 3.63) is 72.6 Å². The van der Waals surface area contributed by atoms with Crippen LogP contribution in [0.25, 0.3) is 5.69 Å². The minimum Gasteiger partial charge on any atom is -0.369 e. The number of aromatic nitrogens is 2. The van der Waals surface area contributed by atoms with Crippen LogP contribution in [-0.4, -0.2) is 27.3 Å². The second kappa shape index (κ2) is 8.35. The van der Waals surface area contributed by atoms with Crippen molar-refractivity contribution in [3.8, 4) is 5.69 Å². The number of amides is 2. The van der Waals surface area contributed by atoms with Gasteiger partial charge in [0.2, 0.25) is 11.8 Å². The number of carbonyl (C=O) groups excluding carboxylic acids is 2. The van der Waals surface area contributed by atoms with Crippen LogP contribution in [0.2, 0.25) is 0 Å². The molecule has 0 aliphatic heterocycles. The smallest absolute Gasteiger partial charge is 0.228 e. The summed E-state index contributed by atoms with van der Waals surface area (Å²) in [5.41, 5.74) is 7.60. The number of rotatable bonds is 7. The van der Waals surface area contributed by atoms with E-state index in [1.54, 1.807) is 16.9 Å². The maximum absolute atomic E-state index is 12.4. The summed E-state index contributed by atoms with van der Waals surface area (Å²) in [5.74, 6) is -0.384. The third-order valence-electron chi connectivity index (χ3n) is 3.55.